The van der Waals surface area contributed by atoms with Gasteiger partial charge in [0.05, 0.1) is 145 Å². The van der Waals surface area contributed by atoms with E-state index in [1.807, 2.05) is 0 Å². The second kappa shape index (κ2) is 33.3. The Balaban J connectivity index is 1.29. The first-order valence-electron chi connectivity index (χ1n) is 31.2. The molecule has 0 bridgehead atoms. The van der Waals surface area contributed by atoms with Crippen LogP contribution in [0, 0.1) is 0 Å². The number of fused-ring (bicyclic) bond motifs is 6. The molecule has 2 unspecified atom stereocenters. The highest BCUT2D eigenvalue weighted by atomic mass is 32.2. The highest BCUT2D eigenvalue weighted by Gasteiger charge is 2.58. The lowest BCUT2D eigenvalue weighted by Gasteiger charge is -2.30. The van der Waals surface area contributed by atoms with Crippen molar-refractivity contribution in [3.05, 3.63) is 82.6 Å². The van der Waals surface area contributed by atoms with E-state index >= 15 is 4.79 Å². The summed E-state index contributed by atoms with van der Waals surface area (Å²) in [6.45, 7) is 4.54. The second-order valence-corrected chi connectivity index (χ2v) is 30.6. The van der Waals surface area contributed by atoms with Crippen LogP contribution in [-0.4, -0.2) is 258 Å². The number of nitrogens with zero attached hydrogens (tertiary/aromatic N) is 3. The van der Waals surface area contributed by atoms with Crippen LogP contribution in [0.4, 0.5) is 11.4 Å². The smallest absolute Gasteiger partial charge is 0.333 e. The van der Waals surface area contributed by atoms with Gasteiger partial charge in [-0.05, 0) is 80.3 Å². The largest absolute Gasteiger partial charge is 0.748 e. The van der Waals surface area contributed by atoms with E-state index in [0.29, 0.717) is 50.2 Å². The van der Waals surface area contributed by atoms with E-state index in [1.54, 1.807) is 0 Å². The summed E-state index contributed by atoms with van der Waals surface area (Å²) in [6.07, 6.45) is -1.23. The molecule has 2 amide bonds. The first-order valence-corrected chi connectivity index (χ1v) is 38.4. The van der Waals surface area contributed by atoms with E-state index < -0.39 is 152 Å². The molecule has 1 saturated heterocycles. The van der Waals surface area contributed by atoms with Gasteiger partial charge in [0.1, 0.15) is 65.0 Å². The molecule has 38 heteroatoms. The Bertz CT molecular complexity index is 4540. The van der Waals surface area contributed by atoms with Gasteiger partial charge < -0.3 is 75.3 Å². The van der Waals surface area contributed by atoms with Crippen LogP contribution in [0.5, 0.6) is 0 Å². The Morgan fingerprint density at radius 1 is 0.530 bits per heavy atom. The van der Waals surface area contributed by atoms with Gasteiger partial charge in [0.25, 0.3) is 11.8 Å². The van der Waals surface area contributed by atoms with Gasteiger partial charge in [-0.3, -0.25) is 14.4 Å². The molecule has 1 aliphatic carbocycles. The predicted octanol–water partition coefficient (Wildman–Crippen LogP) is 1.86. The van der Waals surface area contributed by atoms with Gasteiger partial charge in [-0.2, -0.15) is 9.15 Å². The Morgan fingerprint density at radius 3 is 1.39 bits per heavy atom. The summed E-state index contributed by atoms with van der Waals surface area (Å²) < 4.78 is 245. The number of ether oxygens (including phenoxy) is 9. The number of ketones is 1. The van der Waals surface area contributed by atoms with Crippen molar-refractivity contribution in [3.8, 4) is 0 Å². The lowest BCUT2D eigenvalue weighted by molar-refractivity contribution is -0.442. The van der Waals surface area contributed by atoms with Crippen LogP contribution >= 0.6 is 0 Å². The van der Waals surface area contributed by atoms with E-state index in [2.05, 4.69) is 0 Å². The minimum absolute atomic E-state index is 0.00817. The first kappa shape index (κ1) is 79.2. The van der Waals surface area contributed by atoms with Crippen molar-refractivity contribution in [1.82, 2.24) is 5.06 Å². The predicted molar refractivity (Wildman–Crippen MR) is 341 cm³/mol. The van der Waals surface area contributed by atoms with E-state index in [9.17, 15) is 84.3 Å². The monoisotopic (exact) mass is 1500 g/mol. The molecule has 0 aromatic heterocycles. The Kier molecular flexibility index (Phi) is 26.4. The topological polar surface area (TPSA) is 476 Å². The van der Waals surface area contributed by atoms with E-state index in [0.717, 1.165) is 24.3 Å². The van der Waals surface area contributed by atoms with Crippen molar-refractivity contribution >= 4 is 119 Å². The molecule has 0 saturated carbocycles. The zero-order chi connectivity index (χ0) is 73.2. The number of allylic oxidation sites excluding steroid dienone is 3. The molecule has 0 spiro atoms. The van der Waals surface area contributed by atoms with Crippen LogP contribution in [0.25, 0.3) is 21.5 Å². The Hall–Kier alpha value is -6.51. The molecule has 100 heavy (non-hydrogen) atoms. The summed E-state index contributed by atoms with van der Waals surface area (Å²) in [5.41, 5.74) is -4.71. The Labute approximate surface area is 576 Å². The molecule has 8 rings (SSSR count). The standard InChI is InChI=1S/C62H77N3O30S5/c1-61(14-6-34-96(71,72)73)51(63(17-19-89-25-27-93-32-33-94-31-29-91-23-21-87-4)47-10-8-42-44(56(47)61)35-40(97(74,75)76)37-49(42)99(80,81)82)39-46-58(69)55(59(46)70)60-62(2,15-18-88-24-26-92-30-28-90-22-20-86-3)57-45-36-41(98(77,78)79)38-50(100(83,84)85)43(45)9-11-48(57)64(60)16-5-7-54(68)95-65-52(66)12-13-53(65)67/h8-11,35-39H,5-7,12-34H2,1-4H3,(H4-,71,72,73,74,75,76,77,78,79,80,81,82,83,84,85)/p-3. The van der Waals surface area contributed by atoms with Crippen LogP contribution in [0.2, 0.25) is 0 Å². The van der Waals surface area contributed by atoms with Crippen LogP contribution in [0.15, 0.2) is 91.1 Å². The lowest BCUT2D eigenvalue weighted by Crippen LogP contribution is -2.43. The average Bonchev–Trinajstić information content (AvgIpc) is 1.52. The SMILES string of the molecule is COCCOCCOCCOCCOCC[N+]1=C(/C=C2\C(=O)C(C3=[N+](CCCC(=O)ON4C(=O)CCC4=O)c4ccc5c(S(=O)(=O)[O-])cc(S(=O)(=O)[O-])cc5c4C3(C)CCOCCOCCOCCOC)=C2O)C(C)(CCCS(=O)(=O)[O-])c2c1ccc1c(S(=O)(=O)[O-])cc(S(=O)(=O)[O-])cc21. The molecular weight excluding hydrogens is 1430 g/mol. The Morgan fingerprint density at radius 2 is 0.960 bits per heavy atom. The number of amides is 2. The van der Waals surface area contributed by atoms with Gasteiger partial charge >= 0.3 is 5.97 Å². The molecule has 4 aromatic carbocycles. The van der Waals surface area contributed by atoms with Gasteiger partial charge in [-0.1, -0.05) is 0 Å². The maximum atomic E-state index is 15.7. The van der Waals surface area contributed by atoms with E-state index in [-0.39, 0.29) is 162 Å². The third-order valence-electron chi connectivity index (χ3n) is 17.0. The van der Waals surface area contributed by atoms with Crippen LogP contribution < -0.4 is 0 Å². The number of rotatable bonds is 42. The third kappa shape index (κ3) is 18.6. The summed E-state index contributed by atoms with van der Waals surface area (Å²) in [5.74, 6) is -5.43. The number of carbonyl (C=O) groups is 4. The number of hydrogen-bond donors (Lipinski definition) is 1. The molecule has 4 aliphatic rings. The highest BCUT2D eigenvalue weighted by molar-refractivity contribution is 7.87. The molecule has 2 atom stereocenters. The van der Waals surface area contributed by atoms with Crippen molar-refractivity contribution < 1.29 is 146 Å². The molecule has 3 aliphatic heterocycles. The fourth-order valence-electron chi connectivity index (χ4n) is 12.5. The molecule has 0 radical (unpaired) electrons. The van der Waals surface area contributed by atoms with Gasteiger partial charge in [-0.25, -0.2) is 46.9 Å². The molecule has 4 aromatic rings. The van der Waals surface area contributed by atoms with E-state index in [1.165, 1.54) is 55.4 Å². The van der Waals surface area contributed by atoms with Gasteiger partial charge in [0.15, 0.2) is 12.3 Å². The van der Waals surface area contributed by atoms with Crippen molar-refractivity contribution in [1.29, 1.82) is 0 Å². The molecule has 1 fully saturated rings. The van der Waals surface area contributed by atoms with Crippen LogP contribution in [0.1, 0.15) is 69.9 Å². The number of hydrogen-bond acceptors (Lipinski definition) is 30. The van der Waals surface area contributed by atoms with Crippen molar-refractivity contribution in [2.75, 3.05) is 139 Å². The third-order valence-corrected chi connectivity index (χ3v) is 21.2. The molecule has 3 heterocycles. The number of carbonyl (C=O) groups excluding carboxylic acids is 4. The highest BCUT2D eigenvalue weighted by Crippen LogP contribution is 2.53. The summed E-state index contributed by atoms with van der Waals surface area (Å²) in [4.78, 5) is 54.5. The number of aliphatic hydroxyl groups is 1. The lowest BCUT2D eigenvalue weighted by atomic mass is 9.68. The quantitative estimate of drug-likeness (QED) is 0.0217. The minimum Gasteiger partial charge on any atom is -0.748 e. The van der Waals surface area contributed by atoms with Crippen LogP contribution in [-0.2, 0) is 128 Å². The van der Waals surface area contributed by atoms with Crippen molar-refractivity contribution in [3.63, 3.8) is 0 Å². The maximum absolute atomic E-state index is 15.7. The van der Waals surface area contributed by atoms with Crippen molar-refractivity contribution in [2.45, 2.75) is 89.2 Å². The number of benzene rings is 4. The summed E-state index contributed by atoms with van der Waals surface area (Å²) in [7, 11) is -24.3. The summed E-state index contributed by atoms with van der Waals surface area (Å²) in [6, 6.07) is 7.38. The van der Waals surface area contributed by atoms with Gasteiger partial charge in [0.2, 0.25) is 22.9 Å². The molecule has 33 nitrogen and oxygen atoms in total. The normalized spacial score (nSPS) is 18.8. The number of methoxy groups -OCH3 is 2. The number of imide groups is 1. The zero-order valence-corrected chi connectivity index (χ0v) is 58.8. The summed E-state index contributed by atoms with van der Waals surface area (Å²) >= 11 is 0. The van der Waals surface area contributed by atoms with Gasteiger partial charge in [0, 0.05) is 85.9 Å². The minimum atomic E-state index is -5.61. The van der Waals surface area contributed by atoms with Gasteiger partial charge in [-0.15, -0.1) is 5.06 Å². The van der Waals surface area contributed by atoms with Crippen molar-refractivity contribution in [2.24, 2.45) is 0 Å². The summed E-state index contributed by atoms with van der Waals surface area (Å²) in [5, 5.41) is 11.8. The van der Waals surface area contributed by atoms with Crippen LogP contribution in [0.3, 0.4) is 0 Å². The molecular formula is C62H74N3O30S5-3. The molecule has 550 valence electrons. The van der Waals surface area contributed by atoms with E-state index in [4.69, 9.17) is 47.5 Å². The second-order valence-electron chi connectivity index (χ2n) is 23.6. The maximum Gasteiger partial charge on any atom is 0.333 e. The number of Topliss-reactive ketones (excluding diaryl/α,β-unsaturated/α-hetero) is 1. The molecule has 1 N–H and O–H groups in total. The first-order chi connectivity index (χ1) is 47.1. The fraction of sp³-hybridized carbons (Fsp3) is 0.516. The fourth-order valence-corrected chi connectivity index (χ4v) is 15.6. The zero-order valence-electron chi connectivity index (χ0n) is 54.8. The number of aliphatic hydroxyl groups excluding tert-OH is 1. The number of hydroxylamine groups is 2. The average molecular weight is 1500 g/mol.